The normalized spacial score (nSPS) is 10.9. The van der Waals surface area contributed by atoms with Crippen molar-refractivity contribution in [2.75, 3.05) is 46.8 Å². The molecule has 0 atom stereocenters. The van der Waals surface area contributed by atoms with Crippen molar-refractivity contribution in [2.24, 2.45) is 0 Å². The minimum Gasteiger partial charge on any atom is -0.507 e. The number of phenolic OH excluding ortho intramolecular Hbond substituents is 1. The first-order valence-electron chi connectivity index (χ1n) is 9.77. The van der Waals surface area contributed by atoms with Crippen molar-refractivity contribution < 1.29 is 43.8 Å². The lowest BCUT2D eigenvalue weighted by atomic mass is 10.1. The lowest BCUT2D eigenvalue weighted by Crippen LogP contribution is -2.09. The Bertz CT molecular complexity index is 1120. The van der Waals surface area contributed by atoms with E-state index in [0.29, 0.717) is 11.3 Å². The summed E-state index contributed by atoms with van der Waals surface area (Å²) in [6, 6.07) is 7.40. The van der Waals surface area contributed by atoms with Gasteiger partial charge >= 0.3 is 0 Å². The molecule has 0 saturated carbocycles. The average molecular weight is 448 g/mol. The fourth-order valence-corrected chi connectivity index (χ4v) is 3.07. The van der Waals surface area contributed by atoms with Crippen molar-refractivity contribution >= 4 is 11.0 Å². The van der Waals surface area contributed by atoms with Gasteiger partial charge in [-0.3, -0.25) is 4.79 Å². The van der Waals surface area contributed by atoms with Crippen LogP contribution < -0.4 is 24.4 Å². The molecule has 10 heteroatoms. The molecule has 10 nitrogen and oxygen atoms in total. The smallest absolute Gasteiger partial charge is 0.239 e. The molecule has 0 unspecified atom stereocenters. The molecule has 3 rings (SSSR count). The Morgan fingerprint density at radius 3 is 2.19 bits per heavy atom. The van der Waals surface area contributed by atoms with E-state index in [1.54, 1.807) is 18.2 Å². The molecule has 0 bridgehead atoms. The Hall–Kier alpha value is -3.47. The van der Waals surface area contributed by atoms with Crippen molar-refractivity contribution in [1.29, 1.82) is 0 Å². The Labute approximate surface area is 182 Å². The highest BCUT2D eigenvalue weighted by molar-refractivity contribution is 5.88. The first-order chi connectivity index (χ1) is 15.5. The van der Waals surface area contributed by atoms with Gasteiger partial charge in [-0.05, 0) is 18.2 Å². The molecule has 2 aromatic carbocycles. The van der Waals surface area contributed by atoms with E-state index in [9.17, 15) is 9.90 Å². The standard InChI is InChI=1S/C22H24O10/c1-28-22-20(27)19-15(26)11-14(29-7-4-23)12-18(19)32-21(22)13-2-3-16(30-8-5-24)17(10-13)31-9-6-25/h2-3,10-12,23-26H,4-9H2,1H3. The van der Waals surface area contributed by atoms with Gasteiger partial charge in [0, 0.05) is 17.7 Å². The molecule has 0 aliphatic rings. The number of ether oxygens (including phenoxy) is 4. The number of aliphatic hydroxyl groups is 3. The highest BCUT2D eigenvalue weighted by atomic mass is 16.5. The second-order valence-corrected chi connectivity index (χ2v) is 6.49. The molecule has 0 spiro atoms. The zero-order chi connectivity index (χ0) is 23.1. The zero-order valence-electron chi connectivity index (χ0n) is 17.4. The minimum absolute atomic E-state index is 0.000944. The molecule has 3 aromatic rings. The maximum absolute atomic E-state index is 13.0. The fourth-order valence-electron chi connectivity index (χ4n) is 3.07. The van der Waals surface area contributed by atoms with Crippen LogP contribution in [0.25, 0.3) is 22.3 Å². The van der Waals surface area contributed by atoms with E-state index >= 15 is 0 Å². The highest BCUT2D eigenvalue weighted by Crippen LogP contribution is 2.39. The first kappa shape index (κ1) is 23.2. The molecule has 0 aliphatic heterocycles. The molecule has 0 saturated heterocycles. The zero-order valence-corrected chi connectivity index (χ0v) is 17.4. The number of rotatable bonds is 11. The molecule has 4 N–H and O–H groups in total. The lowest BCUT2D eigenvalue weighted by molar-refractivity contribution is 0.178. The molecule has 0 aliphatic carbocycles. The number of methoxy groups -OCH3 is 1. The van der Waals surface area contributed by atoms with Gasteiger partial charge in [-0.15, -0.1) is 0 Å². The van der Waals surface area contributed by atoms with Gasteiger partial charge in [0.25, 0.3) is 0 Å². The molecule has 32 heavy (non-hydrogen) atoms. The van der Waals surface area contributed by atoms with Gasteiger partial charge in [0.15, 0.2) is 17.3 Å². The van der Waals surface area contributed by atoms with Gasteiger partial charge in [0.2, 0.25) is 11.2 Å². The minimum atomic E-state index is -0.589. The van der Waals surface area contributed by atoms with Crippen LogP contribution in [0.15, 0.2) is 39.5 Å². The highest BCUT2D eigenvalue weighted by Gasteiger charge is 2.21. The summed E-state index contributed by atoms with van der Waals surface area (Å²) in [5, 5.41) is 37.3. The second-order valence-electron chi connectivity index (χ2n) is 6.49. The predicted octanol–water partition coefficient (Wildman–Crippen LogP) is 1.29. The van der Waals surface area contributed by atoms with Crippen LogP contribution in [-0.4, -0.2) is 67.2 Å². The molecule has 172 valence electrons. The van der Waals surface area contributed by atoms with E-state index in [1.807, 2.05) is 0 Å². The van der Waals surface area contributed by atoms with E-state index in [4.69, 9.17) is 38.7 Å². The Balaban J connectivity index is 2.17. The van der Waals surface area contributed by atoms with Crippen LogP contribution in [-0.2, 0) is 0 Å². The molecular weight excluding hydrogens is 424 g/mol. The monoisotopic (exact) mass is 448 g/mol. The summed E-state index contributed by atoms with van der Waals surface area (Å²) in [5.41, 5.74) is -0.128. The molecular formula is C22H24O10. The molecule has 1 aromatic heterocycles. The third-order valence-corrected chi connectivity index (χ3v) is 4.37. The van der Waals surface area contributed by atoms with E-state index in [-0.39, 0.29) is 79.4 Å². The Morgan fingerprint density at radius 2 is 1.53 bits per heavy atom. The van der Waals surface area contributed by atoms with Gasteiger partial charge in [0.1, 0.15) is 42.3 Å². The number of benzene rings is 2. The number of aromatic hydroxyl groups is 1. The van der Waals surface area contributed by atoms with E-state index in [1.165, 1.54) is 19.2 Å². The molecule has 0 radical (unpaired) electrons. The third-order valence-electron chi connectivity index (χ3n) is 4.37. The maximum Gasteiger partial charge on any atom is 0.239 e. The quantitative estimate of drug-likeness (QED) is 0.338. The third kappa shape index (κ3) is 4.88. The van der Waals surface area contributed by atoms with Crippen LogP contribution in [0.1, 0.15) is 0 Å². The summed E-state index contributed by atoms with van der Waals surface area (Å²) < 4.78 is 27.5. The van der Waals surface area contributed by atoms with Crippen LogP contribution in [0.5, 0.6) is 28.7 Å². The van der Waals surface area contributed by atoms with Crippen molar-refractivity contribution in [3.63, 3.8) is 0 Å². The number of phenols is 1. The van der Waals surface area contributed by atoms with Gasteiger partial charge in [-0.2, -0.15) is 0 Å². The number of hydrogen-bond donors (Lipinski definition) is 4. The number of aliphatic hydroxyl groups excluding tert-OH is 3. The van der Waals surface area contributed by atoms with Crippen molar-refractivity contribution in [2.45, 2.75) is 0 Å². The molecule has 1 heterocycles. The summed E-state index contributed by atoms with van der Waals surface area (Å²) in [6.45, 7) is -0.611. The van der Waals surface area contributed by atoms with E-state index in [2.05, 4.69) is 0 Å². The van der Waals surface area contributed by atoms with Gasteiger partial charge in [-0.1, -0.05) is 0 Å². The predicted molar refractivity (Wildman–Crippen MR) is 114 cm³/mol. The Morgan fingerprint density at radius 1 is 0.875 bits per heavy atom. The second kappa shape index (κ2) is 10.7. The first-order valence-corrected chi connectivity index (χ1v) is 9.77. The number of hydrogen-bond acceptors (Lipinski definition) is 10. The summed E-state index contributed by atoms with van der Waals surface area (Å²) in [7, 11) is 1.30. The van der Waals surface area contributed by atoms with Gasteiger partial charge < -0.3 is 43.8 Å². The average Bonchev–Trinajstić information content (AvgIpc) is 2.79. The lowest BCUT2D eigenvalue weighted by Gasteiger charge is -2.15. The van der Waals surface area contributed by atoms with E-state index < -0.39 is 5.43 Å². The van der Waals surface area contributed by atoms with Crippen molar-refractivity contribution in [1.82, 2.24) is 0 Å². The van der Waals surface area contributed by atoms with Crippen molar-refractivity contribution in [3.8, 4) is 40.1 Å². The van der Waals surface area contributed by atoms with Crippen LogP contribution in [0.2, 0.25) is 0 Å². The van der Waals surface area contributed by atoms with Gasteiger partial charge in [0.05, 0.1) is 26.9 Å². The van der Waals surface area contributed by atoms with E-state index in [0.717, 1.165) is 0 Å². The van der Waals surface area contributed by atoms with Gasteiger partial charge in [-0.25, -0.2) is 0 Å². The molecule has 0 fully saturated rings. The largest absolute Gasteiger partial charge is 0.507 e. The van der Waals surface area contributed by atoms with Crippen LogP contribution in [0.4, 0.5) is 0 Å². The van der Waals surface area contributed by atoms with Crippen LogP contribution >= 0.6 is 0 Å². The van der Waals surface area contributed by atoms with Crippen LogP contribution in [0, 0.1) is 0 Å². The topological polar surface area (TPSA) is 148 Å². The Kier molecular flexibility index (Phi) is 7.77. The fraction of sp³-hybridized carbons (Fsp3) is 0.318. The summed E-state index contributed by atoms with van der Waals surface area (Å²) in [4.78, 5) is 13.0. The summed E-state index contributed by atoms with van der Waals surface area (Å²) in [5.74, 6) is 0.394. The van der Waals surface area contributed by atoms with Crippen molar-refractivity contribution in [3.05, 3.63) is 40.6 Å². The molecule has 0 amide bonds. The number of fused-ring (bicyclic) bond motifs is 1. The van der Waals surface area contributed by atoms with Crippen LogP contribution in [0.3, 0.4) is 0 Å². The summed E-state index contributed by atoms with van der Waals surface area (Å²) >= 11 is 0. The maximum atomic E-state index is 13.0. The SMILES string of the molecule is COc1c(-c2ccc(OCCO)c(OCCO)c2)oc2cc(OCCO)cc(O)c2c1=O. The summed E-state index contributed by atoms with van der Waals surface area (Å²) in [6.07, 6.45) is 0.